The van der Waals surface area contributed by atoms with Gasteiger partial charge in [-0.15, -0.1) is 0 Å². The molecule has 0 radical (unpaired) electrons. The fourth-order valence-electron chi connectivity index (χ4n) is 2.27. The molecule has 1 aromatic heterocycles. The summed E-state index contributed by atoms with van der Waals surface area (Å²) in [5.41, 5.74) is 0.798. The summed E-state index contributed by atoms with van der Waals surface area (Å²) in [5.74, 6) is 1.89. The summed E-state index contributed by atoms with van der Waals surface area (Å²) in [5, 5.41) is 16.8. The first-order chi connectivity index (χ1) is 9.78. The molecule has 2 aromatic rings. The molecule has 2 N–H and O–H groups in total. The Kier molecular flexibility index (Phi) is 3.56. The highest BCUT2D eigenvalue weighted by atomic mass is 16.5. The molecule has 6 heteroatoms. The lowest BCUT2D eigenvalue weighted by molar-refractivity contribution is 0.105. The van der Waals surface area contributed by atoms with E-state index in [9.17, 15) is 5.11 Å². The van der Waals surface area contributed by atoms with Crippen molar-refractivity contribution < 1.29 is 14.6 Å². The standard InChI is InChI=1S/C14H17N3O3/c1-2-19-12-8-9(5-6-10(12)18)13-15-14(17-16-13)11-4-3-7-20-11/h5-6,8,11,18H,2-4,7H2,1H3,(H,15,16,17). The number of nitrogens with zero attached hydrogens (tertiary/aromatic N) is 2. The maximum atomic E-state index is 9.70. The Bertz CT molecular complexity index is 591. The van der Waals surface area contributed by atoms with Crippen molar-refractivity contribution in [1.29, 1.82) is 0 Å². The zero-order chi connectivity index (χ0) is 13.9. The molecule has 1 unspecified atom stereocenters. The molecule has 20 heavy (non-hydrogen) atoms. The molecule has 0 amide bonds. The molecule has 0 saturated carbocycles. The maximum absolute atomic E-state index is 9.70. The average Bonchev–Trinajstić information content (AvgIpc) is 3.11. The molecule has 0 aliphatic carbocycles. The quantitative estimate of drug-likeness (QED) is 0.895. The molecule has 1 saturated heterocycles. The highest BCUT2D eigenvalue weighted by Gasteiger charge is 2.21. The lowest BCUT2D eigenvalue weighted by atomic mass is 10.2. The van der Waals surface area contributed by atoms with Gasteiger partial charge in [0.25, 0.3) is 0 Å². The number of benzene rings is 1. The van der Waals surface area contributed by atoms with E-state index in [-0.39, 0.29) is 11.9 Å². The first kappa shape index (κ1) is 12.9. The van der Waals surface area contributed by atoms with Crippen LogP contribution in [0.2, 0.25) is 0 Å². The second-order valence-corrected chi connectivity index (χ2v) is 4.66. The minimum atomic E-state index is 0.0136. The third kappa shape index (κ3) is 2.46. The molecule has 1 fully saturated rings. The van der Waals surface area contributed by atoms with Crippen LogP contribution in [-0.4, -0.2) is 33.5 Å². The Balaban J connectivity index is 1.87. The van der Waals surface area contributed by atoms with Gasteiger partial charge in [-0.25, -0.2) is 4.98 Å². The number of phenols is 1. The number of aromatic amines is 1. The van der Waals surface area contributed by atoms with Gasteiger partial charge in [0, 0.05) is 12.2 Å². The van der Waals surface area contributed by atoms with Crippen molar-refractivity contribution in [1.82, 2.24) is 15.2 Å². The van der Waals surface area contributed by atoms with Crippen molar-refractivity contribution in [2.75, 3.05) is 13.2 Å². The van der Waals surface area contributed by atoms with Crippen LogP contribution in [0.15, 0.2) is 18.2 Å². The van der Waals surface area contributed by atoms with Gasteiger partial charge in [-0.1, -0.05) is 0 Å². The summed E-state index contributed by atoms with van der Waals surface area (Å²) >= 11 is 0. The van der Waals surface area contributed by atoms with E-state index in [2.05, 4.69) is 15.2 Å². The number of aromatic nitrogens is 3. The predicted molar refractivity (Wildman–Crippen MR) is 72.6 cm³/mol. The number of rotatable bonds is 4. The molecule has 2 heterocycles. The molecular formula is C14H17N3O3. The van der Waals surface area contributed by atoms with E-state index in [0.717, 1.165) is 30.8 Å². The minimum absolute atomic E-state index is 0.0136. The largest absolute Gasteiger partial charge is 0.504 e. The molecule has 0 bridgehead atoms. The van der Waals surface area contributed by atoms with Crippen molar-refractivity contribution in [3.63, 3.8) is 0 Å². The second-order valence-electron chi connectivity index (χ2n) is 4.66. The lowest BCUT2D eigenvalue weighted by Gasteiger charge is -2.06. The van der Waals surface area contributed by atoms with E-state index in [1.165, 1.54) is 0 Å². The summed E-state index contributed by atoms with van der Waals surface area (Å²) < 4.78 is 10.9. The number of H-pyrrole nitrogens is 1. The highest BCUT2D eigenvalue weighted by molar-refractivity contribution is 5.60. The smallest absolute Gasteiger partial charge is 0.181 e. The van der Waals surface area contributed by atoms with Gasteiger partial charge >= 0.3 is 0 Å². The summed E-state index contributed by atoms with van der Waals surface area (Å²) in [6, 6.07) is 5.09. The predicted octanol–water partition coefficient (Wildman–Crippen LogP) is 2.43. The fraction of sp³-hybridized carbons (Fsp3) is 0.429. The van der Waals surface area contributed by atoms with Crippen molar-refractivity contribution in [2.45, 2.75) is 25.9 Å². The zero-order valence-corrected chi connectivity index (χ0v) is 11.3. The number of hydrogen-bond acceptors (Lipinski definition) is 5. The Morgan fingerprint density at radius 1 is 1.50 bits per heavy atom. The van der Waals surface area contributed by atoms with Crippen molar-refractivity contribution in [2.24, 2.45) is 0 Å². The van der Waals surface area contributed by atoms with E-state index in [0.29, 0.717) is 18.2 Å². The molecule has 1 aliphatic heterocycles. The third-order valence-electron chi connectivity index (χ3n) is 3.26. The lowest BCUT2D eigenvalue weighted by Crippen LogP contribution is -1.98. The number of nitrogens with one attached hydrogen (secondary N) is 1. The molecule has 6 nitrogen and oxygen atoms in total. The van der Waals surface area contributed by atoms with Gasteiger partial charge in [-0.2, -0.15) is 5.10 Å². The molecule has 106 valence electrons. The van der Waals surface area contributed by atoms with Crippen LogP contribution in [0.25, 0.3) is 11.4 Å². The van der Waals surface area contributed by atoms with E-state index >= 15 is 0 Å². The second kappa shape index (κ2) is 5.50. The van der Waals surface area contributed by atoms with Crippen LogP contribution in [0.5, 0.6) is 11.5 Å². The summed E-state index contributed by atoms with van der Waals surface area (Å²) in [4.78, 5) is 4.46. The molecular weight excluding hydrogens is 258 g/mol. The van der Waals surface area contributed by atoms with Crippen LogP contribution in [-0.2, 0) is 4.74 Å². The summed E-state index contributed by atoms with van der Waals surface area (Å²) in [6.07, 6.45) is 2.03. The van der Waals surface area contributed by atoms with Gasteiger partial charge in [0.05, 0.1) is 6.61 Å². The molecule has 1 aliphatic rings. The average molecular weight is 275 g/mol. The number of ether oxygens (including phenoxy) is 2. The number of phenolic OH excluding ortho intramolecular Hbond substituents is 1. The van der Waals surface area contributed by atoms with Crippen LogP contribution >= 0.6 is 0 Å². The molecule has 1 aromatic carbocycles. The van der Waals surface area contributed by atoms with Crippen LogP contribution in [0.3, 0.4) is 0 Å². The number of aromatic hydroxyl groups is 1. The Hall–Kier alpha value is -2.08. The Morgan fingerprint density at radius 3 is 3.15 bits per heavy atom. The topological polar surface area (TPSA) is 80.3 Å². The minimum Gasteiger partial charge on any atom is -0.504 e. The monoisotopic (exact) mass is 275 g/mol. The van der Waals surface area contributed by atoms with E-state index in [1.54, 1.807) is 18.2 Å². The zero-order valence-electron chi connectivity index (χ0n) is 11.3. The molecule has 3 rings (SSSR count). The first-order valence-electron chi connectivity index (χ1n) is 6.78. The summed E-state index contributed by atoms with van der Waals surface area (Å²) in [7, 11) is 0. The molecule has 1 atom stereocenters. The van der Waals surface area contributed by atoms with Gasteiger partial charge in [0.2, 0.25) is 0 Å². The van der Waals surface area contributed by atoms with Gasteiger partial charge in [0.15, 0.2) is 23.1 Å². The SMILES string of the molecule is CCOc1cc(-c2n[nH]c(C3CCCO3)n2)ccc1O. The van der Waals surface area contributed by atoms with Crippen molar-refractivity contribution >= 4 is 0 Å². The van der Waals surface area contributed by atoms with Crippen LogP contribution in [0.4, 0.5) is 0 Å². The highest BCUT2D eigenvalue weighted by Crippen LogP contribution is 2.32. The van der Waals surface area contributed by atoms with E-state index in [4.69, 9.17) is 9.47 Å². The van der Waals surface area contributed by atoms with Gasteiger partial charge in [-0.3, -0.25) is 5.10 Å². The van der Waals surface area contributed by atoms with Gasteiger partial charge in [0.1, 0.15) is 6.10 Å². The van der Waals surface area contributed by atoms with E-state index in [1.807, 2.05) is 6.92 Å². The van der Waals surface area contributed by atoms with Gasteiger partial charge in [-0.05, 0) is 38.0 Å². The van der Waals surface area contributed by atoms with E-state index < -0.39 is 0 Å². The maximum Gasteiger partial charge on any atom is 0.181 e. The molecule has 0 spiro atoms. The van der Waals surface area contributed by atoms with Crippen molar-refractivity contribution in [3.8, 4) is 22.9 Å². The number of hydrogen-bond donors (Lipinski definition) is 2. The van der Waals surface area contributed by atoms with Crippen LogP contribution < -0.4 is 4.74 Å². The van der Waals surface area contributed by atoms with Crippen LogP contribution in [0.1, 0.15) is 31.7 Å². The Morgan fingerprint density at radius 2 is 2.40 bits per heavy atom. The Labute approximate surface area is 116 Å². The first-order valence-corrected chi connectivity index (χ1v) is 6.78. The third-order valence-corrected chi connectivity index (χ3v) is 3.26. The van der Waals surface area contributed by atoms with Gasteiger partial charge < -0.3 is 14.6 Å². The normalized spacial score (nSPS) is 18.4. The van der Waals surface area contributed by atoms with Crippen molar-refractivity contribution in [3.05, 3.63) is 24.0 Å². The fourth-order valence-corrected chi connectivity index (χ4v) is 2.27. The summed E-state index contributed by atoms with van der Waals surface area (Å²) in [6.45, 7) is 3.13. The van der Waals surface area contributed by atoms with Crippen LogP contribution in [0, 0.1) is 0 Å².